The minimum absolute atomic E-state index is 0.00272. The summed E-state index contributed by atoms with van der Waals surface area (Å²) in [6.45, 7) is 4.50. The number of aliphatic hydroxyl groups is 9. The maximum Gasteiger partial charge on any atom is 0.471 e. The number of piperidine rings is 1. The number of phosphoric acid groups is 1. The summed E-state index contributed by atoms with van der Waals surface area (Å²) in [6, 6.07) is -3.17. The third-order valence-corrected chi connectivity index (χ3v) is 19.9. The average molecular weight is 1590 g/mol. The van der Waals surface area contributed by atoms with E-state index in [0.29, 0.717) is 110 Å². The first-order chi connectivity index (χ1) is 52.2. The van der Waals surface area contributed by atoms with Gasteiger partial charge in [-0.05, 0) is 57.8 Å². The van der Waals surface area contributed by atoms with Crippen LogP contribution < -0.4 is 37.2 Å². The van der Waals surface area contributed by atoms with Gasteiger partial charge in [0.2, 0.25) is 47.3 Å². The molecule has 0 aromatic heterocycles. The summed E-state index contributed by atoms with van der Waals surface area (Å²) < 4.78 is 74.0. The van der Waals surface area contributed by atoms with E-state index in [1.54, 1.807) is 4.90 Å². The fraction of sp³-hybridized carbons (Fsp3) is 0.886. The first kappa shape index (κ1) is 96.5. The normalized spacial score (nSPS) is 27.6. The van der Waals surface area contributed by atoms with Gasteiger partial charge in [-0.2, -0.15) is 0 Å². The van der Waals surface area contributed by atoms with Crippen LogP contribution in [0.5, 0.6) is 0 Å². The van der Waals surface area contributed by atoms with E-state index in [1.165, 1.54) is 20.8 Å². The Morgan fingerprint density at radius 1 is 0.404 bits per heavy atom. The maximum atomic E-state index is 14.2. The second-order valence-electron chi connectivity index (χ2n) is 27.9. The van der Waals surface area contributed by atoms with Crippen molar-refractivity contribution >= 4 is 55.1 Å². The molecule has 0 bridgehead atoms. The molecule has 0 saturated carbocycles. The van der Waals surface area contributed by atoms with Crippen LogP contribution in [-0.2, 0) is 94.6 Å². The van der Waals surface area contributed by atoms with Crippen molar-refractivity contribution in [2.75, 3.05) is 126 Å². The topological polar surface area (TPSA) is 545 Å². The number of phosphoric ester groups is 1. The Hall–Kier alpha value is -4.85. The highest BCUT2D eigenvalue weighted by Gasteiger charge is 2.48. The van der Waals surface area contributed by atoms with Crippen molar-refractivity contribution < 1.29 is 145 Å². The number of carbonyl (C=O) groups is 8. The number of rotatable bonds is 57. The van der Waals surface area contributed by atoms with Gasteiger partial charge in [-0.3, -0.25) is 47.4 Å². The lowest BCUT2D eigenvalue weighted by Crippen LogP contribution is -2.64. The third kappa shape index (κ3) is 37.8. The molecule has 0 aromatic carbocycles. The first-order valence-corrected chi connectivity index (χ1v) is 39.9. The summed E-state index contributed by atoms with van der Waals surface area (Å²) in [5.41, 5.74) is 0. The summed E-state index contributed by atoms with van der Waals surface area (Å²) in [5, 5.41) is 111. The number of hydrogen-bond acceptors (Lipinski definition) is 29. The number of amides is 8. The van der Waals surface area contributed by atoms with E-state index in [2.05, 4.69) is 41.7 Å². The monoisotopic (exact) mass is 1590 g/mol. The highest BCUT2D eigenvalue weighted by molar-refractivity contribution is 7.47. The molecule has 0 aliphatic carbocycles. The van der Waals surface area contributed by atoms with Crippen LogP contribution in [0.3, 0.4) is 0 Å². The van der Waals surface area contributed by atoms with Gasteiger partial charge in [0, 0.05) is 131 Å². The Bertz CT molecular complexity index is 2580. The van der Waals surface area contributed by atoms with Crippen molar-refractivity contribution in [1.82, 2.24) is 42.1 Å². The predicted molar refractivity (Wildman–Crippen MR) is 385 cm³/mol. The highest BCUT2D eigenvalue weighted by Crippen LogP contribution is 2.42. The minimum atomic E-state index is -4.05. The van der Waals surface area contributed by atoms with E-state index in [9.17, 15) is 93.8 Å². The van der Waals surface area contributed by atoms with Gasteiger partial charge in [-0.1, -0.05) is 51.4 Å². The first-order valence-electron chi connectivity index (χ1n) is 38.4. The summed E-state index contributed by atoms with van der Waals surface area (Å²) >= 11 is 0. The fourth-order valence-electron chi connectivity index (χ4n) is 12.9. The molecular formula is C70H127N8O30P. The Labute approximate surface area is 638 Å². The van der Waals surface area contributed by atoms with Crippen molar-refractivity contribution in [3.05, 3.63) is 0 Å². The highest BCUT2D eigenvalue weighted by atomic mass is 31.2. The molecule has 4 heterocycles. The number of carbonyl (C=O) groups excluding carboxylic acids is 8. The molecule has 18 atom stereocenters. The van der Waals surface area contributed by atoms with Gasteiger partial charge >= 0.3 is 7.82 Å². The summed E-state index contributed by atoms with van der Waals surface area (Å²) in [7, 11) is -2.97. The van der Waals surface area contributed by atoms with Gasteiger partial charge < -0.3 is 136 Å². The lowest BCUT2D eigenvalue weighted by atomic mass is 9.86. The van der Waals surface area contributed by atoms with Gasteiger partial charge in [0.05, 0.1) is 65.6 Å². The molecule has 8 amide bonds. The third-order valence-electron chi connectivity index (χ3n) is 18.9. The lowest BCUT2D eigenvalue weighted by molar-refractivity contribution is -0.270. The van der Waals surface area contributed by atoms with Crippen LogP contribution in [0.4, 0.5) is 0 Å². The Morgan fingerprint density at radius 3 is 1.06 bits per heavy atom. The van der Waals surface area contributed by atoms with Crippen molar-refractivity contribution in [2.24, 2.45) is 11.8 Å². The Kier molecular flexibility index (Phi) is 48.5. The predicted octanol–water partition coefficient (Wildman–Crippen LogP) is -2.83. The zero-order valence-corrected chi connectivity index (χ0v) is 64.6. The number of nitrogens with one attached hydrogen (secondary N) is 7. The fourth-order valence-corrected chi connectivity index (χ4v) is 13.4. The summed E-state index contributed by atoms with van der Waals surface area (Å²) in [4.78, 5) is 113. The van der Waals surface area contributed by atoms with E-state index in [4.69, 9.17) is 47.2 Å². The van der Waals surface area contributed by atoms with Crippen LogP contribution in [-0.4, -0.2) is 327 Å². The molecule has 4 aliphatic rings. The number of ether oxygens (including phenoxy) is 9. The van der Waals surface area contributed by atoms with Gasteiger partial charge in [-0.15, -0.1) is 0 Å². The van der Waals surface area contributed by atoms with Crippen LogP contribution in [0.1, 0.15) is 162 Å². The number of nitrogens with zero attached hydrogens (tertiary/aromatic N) is 1. The molecule has 16 unspecified atom stereocenters. The summed E-state index contributed by atoms with van der Waals surface area (Å²) in [6.07, 6.45) is -5.15. The van der Waals surface area contributed by atoms with Gasteiger partial charge in [0.25, 0.3) is 0 Å². The number of unbranched alkanes of at least 4 members (excludes halogenated alkanes) is 12. The van der Waals surface area contributed by atoms with E-state index in [1.807, 2.05) is 0 Å². The molecule has 0 aromatic rings. The van der Waals surface area contributed by atoms with Gasteiger partial charge in [0.15, 0.2) is 18.9 Å². The molecule has 4 aliphatic heterocycles. The smallest absolute Gasteiger partial charge is 0.394 e. The molecule has 109 heavy (non-hydrogen) atoms. The second-order valence-corrected chi connectivity index (χ2v) is 29.4. The van der Waals surface area contributed by atoms with Gasteiger partial charge in [0.1, 0.15) is 73.1 Å². The molecule has 0 radical (unpaired) electrons. The van der Waals surface area contributed by atoms with Crippen LogP contribution in [0.15, 0.2) is 0 Å². The summed E-state index contributed by atoms with van der Waals surface area (Å²) in [5.74, 6) is -3.70. The number of hydrogen-bond donors (Lipinski definition) is 17. The van der Waals surface area contributed by atoms with Crippen LogP contribution in [0.2, 0.25) is 0 Å². The van der Waals surface area contributed by atoms with Crippen molar-refractivity contribution in [1.29, 1.82) is 0 Å². The molecule has 4 saturated heterocycles. The van der Waals surface area contributed by atoms with E-state index < -0.39 is 155 Å². The Morgan fingerprint density at radius 2 is 0.725 bits per heavy atom. The minimum Gasteiger partial charge on any atom is -0.394 e. The zero-order chi connectivity index (χ0) is 80.1. The molecule has 4 fully saturated rings. The number of likely N-dealkylation sites (tertiary alicyclic amines) is 1. The second kappa shape index (κ2) is 54.8. The van der Waals surface area contributed by atoms with Crippen LogP contribution >= 0.6 is 7.82 Å². The molecule has 632 valence electrons. The molecular weight excluding hydrogens is 1460 g/mol. The lowest BCUT2D eigenvalue weighted by Gasteiger charge is -2.43. The van der Waals surface area contributed by atoms with Crippen molar-refractivity contribution in [3.63, 3.8) is 0 Å². The number of aliphatic hydroxyl groups excluding tert-OH is 9. The van der Waals surface area contributed by atoms with E-state index >= 15 is 0 Å². The van der Waals surface area contributed by atoms with Crippen LogP contribution in [0.25, 0.3) is 0 Å². The molecule has 17 N–H and O–H groups in total. The maximum absolute atomic E-state index is 14.2. The molecule has 0 spiro atoms. The van der Waals surface area contributed by atoms with Crippen molar-refractivity contribution in [2.45, 2.75) is 260 Å². The standard InChI is InChI=1S/C70H127N8O30P/c1-45(82)75-58-64(93)61(90)50(40-79)106-68(58)102-31-17-9-5-13-28-72-54(86)24-35-99-43-48-38-78(57(89)23-21-22-53(85)71-27-16-8-12-20-34-105-109(96,97)98-4)39-49(44-100-36-25-55(87)73-29-14-6-10-18-32-103-69-59(76-46(2)83)65(94)62(91)51(41-80)107-69)67(48)101-37-26-56(88)74-30-15-7-11-19-33-104-70-60(77-47(3)84)66(95)63(92)52(42-81)108-70/h48-52,58-70,79-81,90-95H,5-44H2,1-4H3,(H,71,85)(H,72,86)(H,73,87)(H,74,88)(H,75,82)(H,76,83)(H,77,84)(H,96,97)/t48-,49-,50?,51?,52?,58?,59?,60?,61?,62?,63?,64?,65?,66?,67?,68?,69?,70?/m1/s1. The quantitative estimate of drug-likeness (QED) is 0.0216. The van der Waals surface area contributed by atoms with E-state index in [0.717, 1.165) is 26.4 Å². The zero-order valence-electron chi connectivity index (χ0n) is 63.7. The van der Waals surface area contributed by atoms with E-state index in [-0.39, 0.29) is 141 Å². The molecule has 39 heteroatoms. The van der Waals surface area contributed by atoms with Gasteiger partial charge in [-0.25, -0.2) is 4.57 Å². The molecule has 4 rings (SSSR count). The van der Waals surface area contributed by atoms with Crippen molar-refractivity contribution in [3.8, 4) is 0 Å². The Balaban J connectivity index is 1.33. The van der Waals surface area contributed by atoms with Crippen LogP contribution in [0, 0.1) is 11.8 Å². The average Bonchev–Trinajstić information content (AvgIpc) is 0.831. The SMILES string of the molecule is COP(=O)(O)OCCCCCCNC(=O)CCCC(=O)N1C[C@H](COCCC(=O)NCCCCCCOC2OC(CO)C(O)C(O)C2NC(C)=O)C(OCCC(=O)NCCCCCCOC2OC(CO)C(O)C(O)C2NC(C)=O)[C@@H](COCCC(=O)NCCCCCCOC2OC(CO)C(O)C(O)C2NC(C)=O)C1. The molecule has 38 nitrogen and oxygen atoms in total. The largest absolute Gasteiger partial charge is 0.471 e.